The maximum absolute atomic E-state index is 12.9. The lowest BCUT2D eigenvalue weighted by Crippen LogP contribution is -2.43. The molecule has 0 saturated carbocycles. The van der Waals surface area contributed by atoms with Gasteiger partial charge in [-0.1, -0.05) is 12.1 Å². The van der Waals surface area contributed by atoms with Crippen molar-refractivity contribution in [3.8, 4) is 11.3 Å². The third kappa shape index (κ3) is 5.68. The molecular formula is C21H28N6O4. The van der Waals surface area contributed by atoms with Gasteiger partial charge in [-0.25, -0.2) is 4.98 Å². The van der Waals surface area contributed by atoms with Crippen LogP contribution in [0.1, 0.15) is 37.0 Å². The molecule has 0 radical (unpaired) electrons. The first-order valence-corrected chi connectivity index (χ1v) is 10.0. The van der Waals surface area contributed by atoms with Gasteiger partial charge in [-0.15, -0.1) is 0 Å². The van der Waals surface area contributed by atoms with E-state index in [4.69, 9.17) is 21.4 Å². The van der Waals surface area contributed by atoms with Crippen molar-refractivity contribution in [1.29, 1.82) is 0 Å². The summed E-state index contributed by atoms with van der Waals surface area (Å²) in [5.74, 6) is 0.269. The first-order chi connectivity index (χ1) is 14.9. The number of benzene rings is 1. The number of nitrogen functional groups attached to an aromatic ring is 1. The Morgan fingerprint density at radius 3 is 2.55 bits per heavy atom. The molecule has 1 aliphatic rings. The minimum atomic E-state index is -0.542. The Bertz CT molecular complexity index is 932. The van der Waals surface area contributed by atoms with Crippen LogP contribution in [0.2, 0.25) is 0 Å². The molecule has 10 nitrogen and oxygen atoms in total. The molecule has 31 heavy (non-hydrogen) atoms. The van der Waals surface area contributed by atoms with Crippen LogP contribution in [0.15, 0.2) is 30.3 Å². The summed E-state index contributed by atoms with van der Waals surface area (Å²) < 4.78 is 0. The Labute approximate surface area is 180 Å². The third-order valence-corrected chi connectivity index (χ3v) is 5.03. The number of carbonyl (C=O) groups is 3. The summed E-state index contributed by atoms with van der Waals surface area (Å²) in [6, 6.07) is 8.33. The highest BCUT2D eigenvalue weighted by Gasteiger charge is 2.33. The predicted octanol–water partition coefficient (Wildman–Crippen LogP) is 1.36. The molecular weight excluding hydrogens is 400 g/mol. The minimum absolute atomic E-state index is 0.200. The number of anilines is 2. The van der Waals surface area contributed by atoms with Crippen LogP contribution in [-0.4, -0.2) is 63.9 Å². The van der Waals surface area contributed by atoms with Gasteiger partial charge in [-0.05, 0) is 38.8 Å². The molecule has 2 aromatic rings. The van der Waals surface area contributed by atoms with E-state index in [9.17, 15) is 9.59 Å². The van der Waals surface area contributed by atoms with Gasteiger partial charge in [0.15, 0.2) is 0 Å². The molecule has 5 N–H and O–H groups in total. The first-order valence-electron chi connectivity index (χ1n) is 10.0. The second-order valence-electron chi connectivity index (χ2n) is 6.90. The molecule has 2 amide bonds. The summed E-state index contributed by atoms with van der Waals surface area (Å²) in [4.78, 5) is 45.4. The van der Waals surface area contributed by atoms with Crippen LogP contribution in [0.3, 0.4) is 0 Å². The Morgan fingerprint density at radius 1 is 1.26 bits per heavy atom. The molecule has 1 aliphatic heterocycles. The summed E-state index contributed by atoms with van der Waals surface area (Å²) in [6.07, 6.45) is 1.38. The number of rotatable bonds is 6. The fourth-order valence-electron chi connectivity index (χ4n) is 3.53. The summed E-state index contributed by atoms with van der Waals surface area (Å²) in [5.41, 5.74) is 13.3. The van der Waals surface area contributed by atoms with E-state index in [1.54, 1.807) is 29.2 Å². The van der Waals surface area contributed by atoms with Gasteiger partial charge in [0.2, 0.25) is 11.9 Å². The van der Waals surface area contributed by atoms with Crippen molar-refractivity contribution >= 4 is 30.1 Å². The summed E-state index contributed by atoms with van der Waals surface area (Å²) in [5, 5.41) is 6.89. The van der Waals surface area contributed by atoms with Crippen molar-refractivity contribution in [3.05, 3.63) is 35.9 Å². The van der Waals surface area contributed by atoms with Crippen molar-refractivity contribution < 1.29 is 19.5 Å². The monoisotopic (exact) mass is 428 g/mol. The van der Waals surface area contributed by atoms with E-state index >= 15 is 0 Å². The van der Waals surface area contributed by atoms with Crippen molar-refractivity contribution in [3.63, 3.8) is 0 Å². The highest BCUT2D eigenvalue weighted by atomic mass is 16.3. The lowest BCUT2D eigenvalue weighted by molar-refractivity contribution is -0.123. The van der Waals surface area contributed by atoms with Crippen LogP contribution in [0.25, 0.3) is 11.3 Å². The van der Waals surface area contributed by atoms with Gasteiger partial charge < -0.3 is 26.4 Å². The second-order valence-corrected chi connectivity index (χ2v) is 6.90. The molecule has 1 aromatic heterocycles. The lowest BCUT2D eigenvalue weighted by atomic mass is 10.1. The van der Waals surface area contributed by atoms with E-state index in [-0.39, 0.29) is 12.4 Å². The van der Waals surface area contributed by atoms with Crippen LogP contribution in [-0.2, 0) is 9.59 Å². The topological polar surface area (TPSA) is 156 Å². The summed E-state index contributed by atoms with van der Waals surface area (Å²) in [6.45, 7) is 5.87. The minimum Gasteiger partial charge on any atom is -0.483 e. The standard InChI is InChI=1S/C20H26N6O2.CH2O2/c1-3-25(4-2)20-23-15(12-17(21)24-20)13-7-5-8-14(11-13)19(28)26-10-6-9-16(26)18(22)27;2-1-3/h5,7-8,11-12,16H,3-4,6,9-10H2,1-2H3,(H2,22,27)(H2,21,23,24);1H,(H,2,3)/t16-;/m0./s1. The van der Waals surface area contributed by atoms with E-state index in [0.717, 1.165) is 25.1 Å². The fourth-order valence-corrected chi connectivity index (χ4v) is 3.53. The Kier molecular flexibility index (Phi) is 8.30. The first kappa shape index (κ1) is 23.6. The number of hydrogen-bond acceptors (Lipinski definition) is 7. The zero-order chi connectivity index (χ0) is 23.0. The van der Waals surface area contributed by atoms with Crippen molar-refractivity contribution in [1.82, 2.24) is 14.9 Å². The predicted molar refractivity (Wildman–Crippen MR) is 117 cm³/mol. The molecule has 1 aromatic carbocycles. The number of hydrogen-bond donors (Lipinski definition) is 3. The van der Waals surface area contributed by atoms with Crippen molar-refractivity contribution in [2.24, 2.45) is 5.73 Å². The van der Waals surface area contributed by atoms with Gasteiger partial charge in [-0.2, -0.15) is 4.98 Å². The Hall–Kier alpha value is -3.69. The number of carboxylic acid groups (broad SMARTS) is 1. The molecule has 2 heterocycles. The Balaban J connectivity index is 0.00000107. The number of primary amides is 1. The average Bonchev–Trinajstić information content (AvgIpc) is 3.25. The van der Waals surface area contributed by atoms with Gasteiger partial charge in [0.25, 0.3) is 12.4 Å². The van der Waals surface area contributed by atoms with Crippen LogP contribution < -0.4 is 16.4 Å². The zero-order valence-electron chi connectivity index (χ0n) is 17.7. The van der Waals surface area contributed by atoms with Crippen LogP contribution in [0, 0.1) is 0 Å². The average molecular weight is 428 g/mol. The van der Waals surface area contributed by atoms with Crippen LogP contribution >= 0.6 is 0 Å². The van der Waals surface area contributed by atoms with Crippen LogP contribution in [0.5, 0.6) is 0 Å². The molecule has 1 saturated heterocycles. The molecule has 0 unspecified atom stereocenters. The highest BCUT2D eigenvalue weighted by molar-refractivity contribution is 5.98. The molecule has 166 valence electrons. The van der Waals surface area contributed by atoms with Crippen LogP contribution in [0.4, 0.5) is 11.8 Å². The number of nitrogens with two attached hydrogens (primary N) is 2. The maximum Gasteiger partial charge on any atom is 0.290 e. The number of nitrogens with zero attached hydrogens (tertiary/aromatic N) is 4. The molecule has 0 bridgehead atoms. The molecule has 0 spiro atoms. The Morgan fingerprint density at radius 2 is 1.94 bits per heavy atom. The maximum atomic E-state index is 12.9. The summed E-state index contributed by atoms with van der Waals surface area (Å²) >= 11 is 0. The third-order valence-electron chi connectivity index (χ3n) is 5.03. The smallest absolute Gasteiger partial charge is 0.290 e. The molecule has 0 aliphatic carbocycles. The van der Waals surface area contributed by atoms with Gasteiger partial charge in [0.1, 0.15) is 11.9 Å². The number of amides is 2. The van der Waals surface area contributed by atoms with Gasteiger partial charge in [-0.3, -0.25) is 14.4 Å². The second kappa shape index (κ2) is 10.9. The van der Waals surface area contributed by atoms with Crippen molar-refractivity contribution in [2.75, 3.05) is 30.3 Å². The van der Waals surface area contributed by atoms with E-state index < -0.39 is 11.9 Å². The van der Waals surface area contributed by atoms with E-state index in [1.165, 1.54) is 0 Å². The quantitative estimate of drug-likeness (QED) is 0.582. The highest BCUT2D eigenvalue weighted by Crippen LogP contribution is 2.25. The van der Waals surface area contributed by atoms with E-state index in [0.29, 0.717) is 36.0 Å². The molecule has 3 rings (SSSR count). The van der Waals surface area contributed by atoms with E-state index in [2.05, 4.69) is 9.97 Å². The number of carbonyl (C=O) groups excluding carboxylic acids is 2. The SMILES string of the molecule is CCN(CC)c1nc(N)cc(-c2cccc(C(=O)N3CCC[C@H]3C(N)=O)c2)n1.O=CO. The van der Waals surface area contributed by atoms with Gasteiger partial charge in [0.05, 0.1) is 5.69 Å². The lowest BCUT2D eigenvalue weighted by Gasteiger charge is -2.22. The molecule has 10 heteroatoms. The zero-order valence-corrected chi connectivity index (χ0v) is 17.7. The molecule has 1 atom stereocenters. The van der Waals surface area contributed by atoms with E-state index in [1.807, 2.05) is 24.8 Å². The largest absolute Gasteiger partial charge is 0.483 e. The molecule has 1 fully saturated rings. The number of aromatic nitrogens is 2. The fraction of sp³-hybridized carbons (Fsp3) is 0.381. The normalized spacial score (nSPS) is 15.0. The number of likely N-dealkylation sites (tertiary alicyclic amines) is 1. The van der Waals surface area contributed by atoms with Crippen molar-refractivity contribution in [2.45, 2.75) is 32.7 Å². The summed E-state index contributed by atoms with van der Waals surface area (Å²) in [7, 11) is 0. The van der Waals surface area contributed by atoms with Gasteiger partial charge in [0, 0.05) is 36.8 Å². The van der Waals surface area contributed by atoms with Gasteiger partial charge >= 0.3 is 0 Å².